The van der Waals surface area contributed by atoms with Crippen LogP contribution in [0.4, 0.5) is 0 Å². The minimum atomic E-state index is 0.859. The van der Waals surface area contributed by atoms with E-state index in [4.69, 9.17) is 0 Å². The molecule has 0 saturated heterocycles. The Hall–Kier alpha value is -0.510. The summed E-state index contributed by atoms with van der Waals surface area (Å²) in [6.07, 6.45) is 9.72. The predicted octanol–water partition coefficient (Wildman–Crippen LogP) is 4.55. The van der Waals surface area contributed by atoms with Gasteiger partial charge >= 0.3 is 0 Å². The largest absolute Gasteiger partial charge is 0.317 e. The summed E-state index contributed by atoms with van der Waals surface area (Å²) in [6.45, 7) is 3.58. The summed E-state index contributed by atoms with van der Waals surface area (Å²) in [5, 5.41) is 3.60. The number of rotatable bonds is 11. The van der Waals surface area contributed by atoms with Gasteiger partial charge in [0.2, 0.25) is 0 Å². The molecule has 0 aromatic heterocycles. The van der Waals surface area contributed by atoms with Crippen molar-refractivity contribution in [3.63, 3.8) is 0 Å². The van der Waals surface area contributed by atoms with Crippen molar-refractivity contribution in [1.29, 1.82) is 0 Å². The lowest BCUT2D eigenvalue weighted by Gasteiger charge is -2.31. The fourth-order valence-corrected chi connectivity index (χ4v) is 4.27. The van der Waals surface area contributed by atoms with E-state index in [0.29, 0.717) is 0 Å². The molecular formula is C20H34N2S. The summed E-state index contributed by atoms with van der Waals surface area (Å²) < 4.78 is 0. The number of nitrogens with zero attached hydrogens (tertiary/aromatic N) is 1. The first-order valence-corrected chi connectivity index (χ1v) is 10.5. The van der Waals surface area contributed by atoms with Gasteiger partial charge in [0.25, 0.3) is 0 Å². The highest BCUT2D eigenvalue weighted by atomic mass is 32.2. The standard InChI is InChI=1S/C20H34N2S/c1-22(20-12-6-3-7-13-20)16-8-14-21-15-9-17-23-18-19-10-4-2-5-11-19/h2,4-5,10-11,20-21H,3,6-9,12-18H2,1H3. The van der Waals surface area contributed by atoms with Gasteiger partial charge in [-0.1, -0.05) is 49.6 Å². The summed E-state index contributed by atoms with van der Waals surface area (Å²) in [7, 11) is 2.32. The lowest BCUT2D eigenvalue weighted by molar-refractivity contribution is 0.189. The van der Waals surface area contributed by atoms with Crippen molar-refractivity contribution in [2.75, 3.05) is 32.4 Å². The molecule has 0 bridgehead atoms. The molecule has 1 aromatic carbocycles. The Balaban J connectivity index is 1.38. The molecule has 1 saturated carbocycles. The molecule has 0 heterocycles. The first-order chi connectivity index (χ1) is 11.4. The van der Waals surface area contributed by atoms with Crippen LogP contribution in [0, 0.1) is 0 Å². The summed E-state index contributed by atoms with van der Waals surface area (Å²) in [4.78, 5) is 2.59. The normalized spacial score (nSPS) is 16.1. The van der Waals surface area contributed by atoms with Crippen molar-refractivity contribution in [3.8, 4) is 0 Å². The maximum atomic E-state index is 3.60. The molecule has 3 heteroatoms. The van der Waals surface area contributed by atoms with Crippen LogP contribution in [-0.2, 0) is 5.75 Å². The summed E-state index contributed by atoms with van der Waals surface area (Å²) >= 11 is 2.05. The van der Waals surface area contributed by atoms with Gasteiger partial charge in [0, 0.05) is 11.8 Å². The Labute approximate surface area is 147 Å². The van der Waals surface area contributed by atoms with Gasteiger partial charge < -0.3 is 10.2 Å². The third kappa shape index (κ3) is 8.23. The minimum Gasteiger partial charge on any atom is -0.317 e. The van der Waals surface area contributed by atoms with Crippen molar-refractivity contribution in [1.82, 2.24) is 10.2 Å². The molecular weight excluding hydrogens is 300 g/mol. The van der Waals surface area contributed by atoms with Crippen molar-refractivity contribution in [2.45, 2.75) is 56.7 Å². The number of hydrogen-bond donors (Lipinski definition) is 1. The highest BCUT2D eigenvalue weighted by Crippen LogP contribution is 2.21. The number of thioether (sulfide) groups is 1. The molecule has 0 radical (unpaired) electrons. The van der Waals surface area contributed by atoms with Crippen molar-refractivity contribution in [3.05, 3.63) is 35.9 Å². The highest BCUT2D eigenvalue weighted by Gasteiger charge is 2.16. The van der Waals surface area contributed by atoms with E-state index in [1.54, 1.807) is 0 Å². The van der Waals surface area contributed by atoms with Crippen LogP contribution in [0.15, 0.2) is 30.3 Å². The average molecular weight is 335 g/mol. The van der Waals surface area contributed by atoms with Gasteiger partial charge in [0.05, 0.1) is 0 Å². The van der Waals surface area contributed by atoms with Crippen molar-refractivity contribution >= 4 is 11.8 Å². The minimum absolute atomic E-state index is 0.859. The SMILES string of the molecule is CN(CCCNCCCSCc1ccccc1)C1CCCCC1. The van der Waals surface area contributed by atoms with Crippen molar-refractivity contribution < 1.29 is 0 Å². The molecule has 2 nitrogen and oxygen atoms in total. The molecule has 0 atom stereocenters. The summed E-state index contributed by atoms with van der Waals surface area (Å²) in [5.74, 6) is 2.40. The van der Waals surface area contributed by atoms with Crippen molar-refractivity contribution in [2.24, 2.45) is 0 Å². The highest BCUT2D eigenvalue weighted by molar-refractivity contribution is 7.98. The topological polar surface area (TPSA) is 15.3 Å². The molecule has 0 aliphatic heterocycles. The van der Waals surface area contributed by atoms with Gasteiger partial charge in [0.1, 0.15) is 0 Å². The van der Waals surface area contributed by atoms with Crippen LogP contribution in [0.3, 0.4) is 0 Å². The van der Waals surface area contributed by atoms with Gasteiger partial charge in [-0.25, -0.2) is 0 Å². The van der Waals surface area contributed by atoms with E-state index in [2.05, 4.69) is 47.6 Å². The Morgan fingerprint density at radius 1 is 1.04 bits per heavy atom. The lowest BCUT2D eigenvalue weighted by atomic mass is 9.94. The second-order valence-corrected chi connectivity index (χ2v) is 7.87. The second-order valence-electron chi connectivity index (χ2n) is 6.77. The van der Waals surface area contributed by atoms with Crippen LogP contribution in [0.2, 0.25) is 0 Å². The zero-order chi connectivity index (χ0) is 16.2. The lowest BCUT2D eigenvalue weighted by Crippen LogP contribution is -2.35. The monoisotopic (exact) mass is 334 g/mol. The quantitative estimate of drug-likeness (QED) is 0.598. The first-order valence-electron chi connectivity index (χ1n) is 9.39. The van der Waals surface area contributed by atoms with Crippen LogP contribution >= 0.6 is 11.8 Å². The average Bonchev–Trinajstić information content (AvgIpc) is 2.61. The zero-order valence-corrected chi connectivity index (χ0v) is 15.6. The maximum absolute atomic E-state index is 3.60. The maximum Gasteiger partial charge on any atom is 0.0184 e. The molecule has 1 fully saturated rings. The third-order valence-corrected chi connectivity index (χ3v) is 5.93. The predicted molar refractivity (Wildman–Crippen MR) is 104 cm³/mol. The fourth-order valence-electron chi connectivity index (χ4n) is 3.35. The Bertz CT molecular complexity index is 390. The van der Waals surface area contributed by atoms with E-state index >= 15 is 0 Å². The molecule has 1 aliphatic carbocycles. The van der Waals surface area contributed by atoms with Gasteiger partial charge in [-0.3, -0.25) is 0 Å². The van der Waals surface area contributed by atoms with E-state index in [-0.39, 0.29) is 0 Å². The van der Waals surface area contributed by atoms with E-state index in [1.807, 2.05) is 11.8 Å². The molecule has 1 aliphatic rings. The van der Waals surface area contributed by atoms with Gasteiger partial charge in [0.15, 0.2) is 0 Å². The third-order valence-electron chi connectivity index (χ3n) is 4.82. The Morgan fingerprint density at radius 3 is 2.57 bits per heavy atom. The molecule has 130 valence electrons. The Morgan fingerprint density at radius 2 is 1.78 bits per heavy atom. The number of benzene rings is 1. The molecule has 1 N–H and O–H groups in total. The first kappa shape index (κ1) is 18.8. The van der Waals surface area contributed by atoms with E-state index in [1.165, 1.54) is 69.4 Å². The van der Waals surface area contributed by atoms with Crippen LogP contribution in [0.25, 0.3) is 0 Å². The molecule has 1 aromatic rings. The molecule has 0 spiro atoms. The number of hydrogen-bond acceptors (Lipinski definition) is 3. The van der Waals surface area contributed by atoms with Crippen LogP contribution in [0.1, 0.15) is 50.5 Å². The summed E-state index contributed by atoms with van der Waals surface area (Å²) in [6, 6.07) is 11.6. The van der Waals surface area contributed by atoms with E-state index < -0.39 is 0 Å². The van der Waals surface area contributed by atoms with Crippen LogP contribution in [0.5, 0.6) is 0 Å². The number of nitrogens with one attached hydrogen (secondary N) is 1. The molecule has 0 amide bonds. The molecule has 23 heavy (non-hydrogen) atoms. The molecule has 2 rings (SSSR count). The Kier molecular flexibility index (Phi) is 9.77. The van der Waals surface area contributed by atoms with Gasteiger partial charge in [-0.2, -0.15) is 11.8 Å². The van der Waals surface area contributed by atoms with E-state index in [0.717, 1.165) is 18.3 Å². The summed E-state index contributed by atoms with van der Waals surface area (Å²) in [5.41, 5.74) is 1.44. The second kappa shape index (κ2) is 11.9. The smallest absolute Gasteiger partial charge is 0.0184 e. The van der Waals surface area contributed by atoms with E-state index in [9.17, 15) is 0 Å². The van der Waals surface area contributed by atoms with Crippen LogP contribution < -0.4 is 5.32 Å². The van der Waals surface area contributed by atoms with Crippen LogP contribution in [-0.4, -0.2) is 43.4 Å². The molecule has 0 unspecified atom stereocenters. The zero-order valence-electron chi connectivity index (χ0n) is 14.8. The van der Waals surface area contributed by atoms with Gasteiger partial charge in [-0.15, -0.1) is 0 Å². The van der Waals surface area contributed by atoms with Gasteiger partial charge in [-0.05, 0) is 63.7 Å². The fraction of sp³-hybridized carbons (Fsp3) is 0.700.